The summed E-state index contributed by atoms with van der Waals surface area (Å²) in [5.41, 5.74) is 2.86. The molecule has 0 saturated heterocycles. The Morgan fingerprint density at radius 2 is 2.04 bits per heavy atom. The standard InChI is InChI=1S/C18H18N4O2/c23-18(11-22-16-7-3-2-6-15(16)20-21-22)19-10-13-9-14-5-1-4-8-17(14)24-12-13/h1-8,13H,9-12H2,(H,19,23)/t13-/m0/s1. The van der Waals surface area contributed by atoms with E-state index in [1.165, 1.54) is 5.56 Å². The fourth-order valence-corrected chi connectivity index (χ4v) is 3.01. The third-order valence-electron chi connectivity index (χ3n) is 4.26. The number of hydrogen-bond acceptors (Lipinski definition) is 4. The molecule has 1 aromatic heterocycles. The summed E-state index contributed by atoms with van der Waals surface area (Å²) < 4.78 is 7.38. The van der Waals surface area contributed by atoms with Crippen LogP contribution in [0.5, 0.6) is 5.75 Å². The average molecular weight is 322 g/mol. The van der Waals surface area contributed by atoms with Crippen LogP contribution in [0.4, 0.5) is 0 Å². The summed E-state index contributed by atoms with van der Waals surface area (Å²) in [4.78, 5) is 12.2. The molecule has 1 aliphatic rings. The molecule has 2 aromatic carbocycles. The lowest BCUT2D eigenvalue weighted by Crippen LogP contribution is -2.36. The molecule has 0 saturated carbocycles. The highest BCUT2D eigenvalue weighted by Crippen LogP contribution is 2.26. The molecule has 24 heavy (non-hydrogen) atoms. The monoisotopic (exact) mass is 322 g/mol. The quantitative estimate of drug-likeness (QED) is 0.795. The minimum absolute atomic E-state index is 0.0653. The first kappa shape index (κ1) is 14.7. The Morgan fingerprint density at radius 1 is 1.21 bits per heavy atom. The Balaban J connectivity index is 1.34. The maximum Gasteiger partial charge on any atom is 0.241 e. The fourth-order valence-electron chi connectivity index (χ4n) is 3.01. The van der Waals surface area contributed by atoms with Gasteiger partial charge in [0.2, 0.25) is 5.91 Å². The number of nitrogens with one attached hydrogen (secondary N) is 1. The second kappa shape index (κ2) is 6.31. The lowest BCUT2D eigenvalue weighted by molar-refractivity contribution is -0.122. The third-order valence-corrected chi connectivity index (χ3v) is 4.26. The topological polar surface area (TPSA) is 69.0 Å². The van der Waals surface area contributed by atoms with E-state index in [4.69, 9.17) is 4.74 Å². The molecule has 1 aliphatic heterocycles. The van der Waals surface area contributed by atoms with Crippen LogP contribution in [0.15, 0.2) is 48.5 Å². The number of amides is 1. The van der Waals surface area contributed by atoms with E-state index < -0.39 is 0 Å². The SMILES string of the molecule is O=C(Cn1nnc2ccccc21)NC[C@H]1COc2ccccc2C1. The van der Waals surface area contributed by atoms with Gasteiger partial charge < -0.3 is 10.1 Å². The van der Waals surface area contributed by atoms with E-state index in [1.54, 1.807) is 4.68 Å². The summed E-state index contributed by atoms with van der Waals surface area (Å²) in [7, 11) is 0. The van der Waals surface area contributed by atoms with Gasteiger partial charge in [-0.3, -0.25) is 4.79 Å². The van der Waals surface area contributed by atoms with E-state index in [1.807, 2.05) is 42.5 Å². The Hall–Kier alpha value is -2.89. The van der Waals surface area contributed by atoms with Gasteiger partial charge in [-0.1, -0.05) is 35.5 Å². The van der Waals surface area contributed by atoms with Gasteiger partial charge in [-0.25, -0.2) is 4.68 Å². The molecule has 1 atom stereocenters. The third kappa shape index (κ3) is 2.95. The summed E-state index contributed by atoms with van der Waals surface area (Å²) in [5, 5.41) is 11.1. The van der Waals surface area contributed by atoms with Crippen LogP contribution in [0.3, 0.4) is 0 Å². The van der Waals surface area contributed by atoms with E-state index in [0.717, 1.165) is 23.2 Å². The van der Waals surface area contributed by atoms with Crippen molar-refractivity contribution in [1.29, 1.82) is 0 Å². The summed E-state index contributed by atoms with van der Waals surface area (Å²) in [6.07, 6.45) is 0.919. The summed E-state index contributed by atoms with van der Waals surface area (Å²) in [5.74, 6) is 1.18. The second-order valence-corrected chi connectivity index (χ2v) is 6.03. The first-order valence-electron chi connectivity index (χ1n) is 8.05. The number of rotatable bonds is 4. The lowest BCUT2D eigenvalue weighted by atomic mass is 9.97. The molecular formula is C18H18N4O2. The molecule has 3 aromatic rings. The Morgan fingerprint density at radius 3 is 3.00 bits per heavy atom. The zero-order chi connectivity index (χ0) is 16.4. The number of carbonyl (C=O) groups is 1. The molecule has 0 radical (unpaired) electrons. The van der Waals surface area contributed by atoms with Gasteiger partial charge >= 0.3 is 0 Å². The molecule has 2 heterocycles. The molecule has 1 amide bonds. The zero-order valence-corrected chi connectivity index (χ0v) is 13.2. The fraction of sp³-hybridized carbons (Fsp3) is 0.278. The summed E-state index contributed by atoms with van der Waals surface area (Å²) >= 11 is 0. The van der Waals surface area contributed by atoms with E-state index in [2.05, 4.69) is 21.7 Å². The van der Waals surface area contributed by atoms with Crippen LogP contribution in [-0.2, 0) is 17.8 Å². The molecule has 122 valence electrons. The van der Waals surface area contributed by atoms with Gasteiger partial charge in [0.15, 0.2) is 0 Å². The van der Waals surface area contributed by atoms with Gasteiger partial charge in [0, 0.05) is 12.5 Å². The number of para-hydroxylation sites is 2. The van der Waals surface area contributed by atoms with Crippen molar-refractivity contribution in [2.24, 2.45) is 5.92 Å². The van der Waals surface area contributed by atoms with Crippen LogP contribution in [0, 0.1) is 5.92 Å². The van der Waals surface area contributed by atoms with Crippen molar-refractivity contribution >= 4 is 16.9 Å². The van der Waals surface area contributed by atoms with Gasteiger partial charge in [-0.15, -0.1) is 5.10 Å². The Bertz CT molecular complexity index is 874. The van der Waals surface area contributed by atoms with E-state index >= 15 is 0 Å². The maximum atomic E-state index is 12.2. The van der Waals surface area contributed by atoms with Crippen LogP contribution in [0.2, 0.25) is 0 Å². The van der Waals surface area contributed by atoms with Crippen LogP contribution in [0.1, 0.15) is 5.56 Å². The highest BCUT2D eigenvalue weighted by molar-refractivity contribution is 5.79. The average Bonchev–Trinajstić information content (AvgIpc) is 3.03. The van der Waals surface area contributed by atoms with Crippen molar-refractivity contribution in [3.63, 3.8) is 0 Å². The van der Waals surface area contributed by atoms with Crippen molar-refractivity contribution in [3.8, 4) is 5.75 Å². The number of carbonyl (C=O) groups excluding carboxylic acids is 1. The lowest BCUT2D eigenvalue weighted by Gasteiger charge is -2.25. The van der Waals surface area contributed by atoms with Crippen LogP contribution in [0.25, 0.3) is 11.0 Å². The van der Waals surface area contributed by atoms with Crippen molar-refractivity contribution in [2.75, 3.05) is 13.2 Å². The van der Waals surface area contributed by atoms with E-state index in [-0.39, 0.29) is 18.4 Å². The molecular weight excluding hydrogens is 304 g/mol. The molecule has 1 N–H and O–H groups in total. The largest absolute Gasteiger partial charge is 0.493 e. The minimum Gasteiger partial charge on any atom is -0.493 e. The van der Waals surface area contributed by atoms with Gasteiger partial charge in [0.05, 0.1) is 12.1 Å². The van der Waals surface area contributed by atoms with Crippen LogP contribution >= 0.6 is 0 Å². The summed E-state index contributed by atoms with van der Waals surface area (Å²) in [6.45, 7) is 1.40. The molecule has 0 bridgehead atoms. The van der Waals surface area contributed by atoms with Gasteiger partial charge in [0.25, 0.3) is 0 Å². The van der Waals surface area contributed by atoms with Crippen molar-refractivity contribution < 1.29 is 9.53 Å². The van der Waals surface area contributed by atoms with E-state index in [0.29, 0.717) is 13.2 Å². The first-order chi connectivity index (χ1) is 11.8. The number of ether oxygens (including phenoxy) is 1. The molecule has 0 fully saturated rings. The second-order valence-electron chi connectivity index (χ2n) is 6.03. The van der Waals surface area contributed by atoms with Crippen molar-refractivity contribution in [3.05, 3.63) is 54.1 Å². The number of benzene rings is 2. The van der Waals surface area contributed by atoms with Crippen LogP contribution in [-0.4, -0.2) is 34.1 Å². The number of hydrogen-bond donors (Lipinski definition) is 1. The highest BCUT2D eigenvalue weighted by Gasteiger charge is 2.20. The zero-order valence-electron chi connectivity index (χ0n) is 13.2. The molecule has 0 spiro atoms. The predicted molar refractivity (Wildman–Crippen MR) is 89.7 cm³/mol. The van der Waals surface area contributed by atoms with Crippen LogP contribution < -0.4 is 10.1 Å². The molecule has 4 rings (SSSR count). The molecule has 6 nitrogen and oxygen atoms in total. The van der Waals surface area contributed by atoms with Crippen molar-refractivity contribution in [1.82, 2.24) is 20.3 Å². The molecule has 6 heteroatoms. The predicted octanol–water partition coefficient (Wildman–Crippen LogP) is 1.80. The van der Waals surface area contributed by atoms with Gasteiger partial charge in [0.1, 0.15) is 17.8 Å². The molecule has 0 unspecified atom stereocenters. The number of fused-ring (bicyclic) bond motifs is 2. The summed E-state index contributed by atoms with van der Waals surface area (Å²) in [6, 6.07) is 15.7. The maximum absolute atomic E-state index is 12.2. The Kier molecular flexibility index (Phi) is 3.86. The normalized spacial score (nSPS) is 16.4. The highest BCUT2D eigenvalue weighted by atomic mass is 16.5. The number of aromatic nitrogens is 3. The number of nitrogens with zero attached hydrogens (tertiary/aromatic N) is 3. The van der Waals surface area contributed by atoms with Crippen molar-refractivity contribution in [2.45, 2.75) is 13.0 Å². The van der Waals surface area contributed by atoms with E-state index in [9.17, 15) is 4.79 Å². The van der Waals surface area contributed by atoms with Gasteiger partial charge in [-0.2, -0.15) is 0 Å². The molecule has 0 aliphatic carbocycles. The smallest absolute Gasteiger partial charge is 0.241 e. The Labute approximate surface area is 139 Å². The minimum atomic E-state index is -0.0653. The first-order valence-corrected chi connectivity index (χ1v) is 8.05. The van der Waals surface area contributed by atoms with Gasteiger partial charge in [-0.05, 0) is 30.2 Å².